The van der Waals surface area contributed by atoms with Gasteiger partial charge >= 0.3 is 0 Å². The molecular formula is C58H39NS. The number of hydrogen-bond donors (Lipinski definition) is 0. The van der Waals surface area contributed by atoms with E-state index in [1.54, 1.807) is 0 Å². The average molecular weight is 782 g/mol. The van der Waals surface area contributed by atoms with Gasteiger partial charge in [-0.1, -0.05) is 176 Å². The third-order valence-corrected chi connectivity index (χ3v) is 12.8. The van der Waals surface area contributed by atoms with E-state index in [1.807, 2.05) is 11.3 Å². The van der Waals surface area contributed by atoms with Crippen LogP contribution in [0, 0.1) is 0 Å². The van der Waals surface area contributed by atoms with Gasteiger partial charge in [0.05, 0.1) is 5.69 Å². The zero-order chi connectivity index (χ0) is 39.8. The Labute approximate surface area is 354 Å². The Hall–Kier alpha value is -7.52. The van der Waals surface area contributed by atoms with Crippen molar-refractivity contribution in [3.63, 3.8) is 0 Å². The van der Waals surface area contributed by atoms with Gasteiger partial charge in [0, 0.05) is 37.1 Å². The summed E-state index contributed by atoms with van der Waals surface area (Å²) < 4.78 is 2.60. The van der Waals surface area contributed by atoms with E-state index in [4.69, 9.17) is 0 Å². The number of rotatable bonds is 8. The van der Waals surface area contributed by atoms with Crippen LogP contribution in [0.5, 0.6) is 0 Å². The lowest BCUT2D eigenvalue weighted by atomic mass is 9.96. The number of nitrogens with zero attached hydrogens (tertiary/aromatic N) is 1. The number of para-hydroxylation sites is 1. The molecule has 11 rings (SSSR count). The topological polar surface area (TPSA) is 3.24 Å². The van der Waals surface area contributed by atoms with Crippen LogP contribution in [0.15, 0.2) is 237 Å². The molecule has 0 bridgehead atoms. The quantitative estimate of drug-likeness (QED) is 0.148. The Morgan fingerprint density at radius 3 is 1.55 bits per heavy atom. The largest absolute Gasteiger partial charge is 0.310 e. The van der Waals surface area contributed by atoms with Crippen molar-refractivity contribution in [2.75, 3.05) is 4.90 Å². The first kappa shape index (κ1) is 35.6. The zero-order valence-electron chi connectivity index (χ0n) is 32.9. The predicted molar refractivity (Wildman–Crippen MR) is 259 cm³/mol. The van der Waals surface area contributed by atoms with Gasteiger partial charge < -0.3 is 4.90 Å². The molecule has 2 heteroatoms. The second kappa shape index (κ2) is 15.3. The van der Waals surface area contributed by atoms with Gasteiger partial charge in [-0.05, 0) is 122 Å². The molecule has 0 aliphatic carbocycles. The van der Waals surface area contributed by atoms with Gasteiger partial charge in [-0.3, -0.25) is 0 Å². The van der Waals surface area contributed by atoms with Gasteiger partial charge in [-0.15, -0.1) is 11.3 Å². The predicted octanol–water partition coefficient (Wildman–Crippen LogP) is 17.0. The Balaban J connectivity index is 0.956. The maximum atomic E-state index is 2.42. The van der Waals surface area contributed by atoms with Gasteiger partial charge in [0.15, 0.2) is 0 Å². The summed E-state index contributed by atoms with van der Waals surface area (Å²) in [5.41, 5.74) is 15.4. The van der Waals surface area contributed by atoms with Crippen LogP contribution in [-0.4, -0.2) is 0 Å². The van der Waals surface area contributed by atoms with E-state index in [1.165, 1.54) is 86.6 Å². The molecular weight excluding hydrogens is 743 g/mol. The molecule has 10 aromatic carbocycles. The molecule has 0 aliphatic heterocycles. The summed E-state index contributed by atoms with van der Waals surface area (Å²) in [5, 5.41) is 5.09. The summed E-state index contributed by atoms with van der Waals surface area (Å²) in [7, 11) is 0. The molecule has 0 unspecified atom stereocenters. The summed E-state index contributed by atoms with van der Waals surface area (Å²) in [6.07, 6.45) is 0. The fraction of sp³-hybridized carbons (Fsp3) is 0. The van der Waals surface area contributed by atoms with Gasteiger partial charge in [0.2, 0.25) is 0 Å². The molecule has 0 fully saturated rings. The van der Waals surface area contributed by atoms with Gasteiger partial charge in [-0.25, -0.2) is 0 Å². The minimum Gasteiger partial charge on any atom is -0.310 e. The molecule has 0 N–H and O–H groups in total. The highest BCUT2D eigenvalue weighted by Crippen LogP contribution is 2.44. The standard InChI is InChI=1S/C58H39NS/c1-2-12-40(13-3-1)47-17-11-19-50(38-47)53-20-6-8-22-56(53)59(52-34-35-58-55(39-52)54-21-7-9-23-57(54)60-58)51-32-30-43(31-33-51)42-24-26-44(27-25-42)46-16-10-18-48(36-46)49-29-28-41-14-4-5-15-45(41)37-49/h1-39H. The first-order chi connectivity index (χ1) is 29.7. The van der Waals surface area contributed by atoms with E-state index < -0.39 is 0 Å². The maximum Gasteiger partial charge on any atom is 0.0540 e. The molecule has 11 aromatic rings. The van der Waals surface area contributed by atoms with Gasteiger partial charge in [0.25, 0.3) is 0 Å². The second-order valence-electron chi connectivity index (χ2n) is 15.3. The van der Waals surface area contributed by atoms with Crippen LogP contribution in [0.1, 0.15) is 0 Å². The number of fused-ring (bicyclic) bond motifs is 4. The fourth-order valence-electron chi connectivity index (χ4n) is 8.60. The maximum absolute atomic E-state index is 2.42. The Morgan fingerprint density at radius 2 is 0.767 bits per heavy atom. The minimum atomic E-state index is 1.10. The van der Waals surface area contributed by atoms with Gasteiger partial charge in [0.1, 0.15) is 0 Å². The van der Waals surface area contributed by atoms with Crippen LogP contribution >= 0.6 is 11.3 Å². The molecule has 1 heterocycles. The molecule has 1 aromatic heterocycles. The Bertz CT molecular complexity index is 3310. The van der Waals surface area contributed by atoms with Crippen molar-refractivity contribution >= 4 is 59.3 Å². The van der Waals surface area contributed by atoms with Crippen LogP contribution in [0.3, 0.4) is 0 Å². The highest BCUT2D eigenvalue weighted by molar-refractivity contribution is 7.25. The molecule has 0 spiro atoms. The molecule has 0 radical (unpaired) electrons. The average Bonchev–Trinajstić information content (AvgIpc) is 3.70. The number of anilines is 3. The van der Waals surface area contributed by atoms with Crippen molar-refractivity contribution in [2.24, 2.45) is 0 Å². The van der Waals surface area contributed by atoms with Gasteiger partial charge in [-0.2, -0.15) is 0 Å². The van der Waals surface area contributed by atoms with E-state index in [9.17, 15) is 0 Å². The van der Waals surface area contributed by atoms with Crippen LogP contribution in [0.25, 0.3) is 86.6 Å². The second-order valence-corrected chi connectivity index (χ2v) is 16.4. The lowest BCUT2D eigenvalue weighted by Crippen LogP contribution is -2.11. The Kier molecular flexibility index (Phi) is 9.11. The number of thiophene rings is 1. The SMILES string of the molecule is c1ccc(-c2cccc(-c3ccccc3N(c3ccc(-c4ccc(-c5cccc(-c6ccc7ccccc7c6)c5)cc4)cc3)c3ccc4sc5ccccc5c4c3)c2)cc1. The first-order valence-corrected chi connectivity index (χ1v) is 21.3. The van der Waals surface area contributed by atoms with E-state index in [-0.39, 0.29) is 0 Å². The third kappa shape index (κ3) is 6.73. The molecule has 0 amide bonds. The molecule has 1 nitrogen and oxygen atoms in total. The van der Waals surface area contributed by atoms with Crippen LogP contribution in [0.4, 0.5) is 17.1 Å². The zero-order valence-corrected chi connectivity index (χ0v) is 33.7. The van der Waals surface area contributed by atoms with E-state index in [0.29, 0.717) is 0 Å². The van der Waals surface area contributed by atoms with Crippen LogP contribution < -0.4 is 4.90 Å². The van der Waals surface area contributed by atoms with Crippen molar-refractivity contribution in [3.05, 3.63) is 237 Å². The Morgan fingerprint density at radius 1 is 0.267 bits per heavy atom. The highest BCUT2D eigenvalue weighted by atomic mass is 32.1. The van der Waals surface area contributed by atoms with Crippen molar-refractivity contribution in [1.29, 1.82) is 0 Å². The lowest BCUT2D eigenvalue weighted by molar-refractivity contribution is 1.29. The highest BCUT2D eigenvalue weighted by Gasteiger charge is 2.19. The van der Waals surface area contributed by atoms with Crippen LogP contribution in [0.2, 0.25) is 0 Å². The van der Waals surface area contributed by atoms with Crippen LogP contribution in [-0.2, 0) is 0 Å². The fourth-order valence-corrected chi connectivity index (χ4v) is 9.68. The number of hydrogen-bond acceptors (Lipinski definition) is 2. The monoisotopic (exact) mass is 781 g/mol. The molecule has 0 saturated carbocycles. The van der Waals surface area contributed by atoms with E-state index >= 15 is 0 Å². The molecule has 0 aliphatic rings. The molecule has 0 saturated heterocycles. The van der Waals surface area contributed by atoms with Crippen molar-refractivity contribution in [3.8, 4) is 55.6 Å². The van der Waals surface area contributed by atoms with E-state index in [2.05, 4.69) is 241 Å². The summed E-state index contributed by atoms with van der Waals surface area (Å²) >= 11 is 1.85. The summed E-state index contributed by atoms with van der Waals surface area (Å²) in [4.78, 5) is 2.42. The smallest absolute Gasteiger partial charge is 0.0540 e. The minimum absolute atomic E-state index is 1.10. The van der Waals surface area contributed by atoms with Crippen molar-refractivity contribution in [1.82, 2.24) is 0 Å². The third-order valence-electron chi connectivity index (χ3n) is 11.7. The molecule has 0 atom stereocenters. The van der Waals surface area contributed by atoms with E-state index in [0.717, 1.165) is 17.1 Å². The lowest BCUT2D eigenvalue weighted by Gasteiger charge is -2.28. The summed E-state index contributed by atoms with van der Waals surface area (Å²) in [6, 6.07) is 86.2. The molecule has 282 valence electrons. The first-order valence-electron chi connectivity index (χ1n) is 20.5. The summed E-state index contributed by atoms with van der Waals surface area (Å²) in [6.45, 7) is 0. The summed E-state index contributed by atoms with van der Waals surface area (Å²) in [5.74, 6) is 0. The number of benzene rings is 10. The molecule has 60 heavy (non-hydrogen) atoms. The van der Waals surface area contributed by atoms with Crippen molar-refractivity contribution in [2.45, 2.75) is 0 Å². The van der Waals surface area contributed by atoms with Crippen molar-refractivity contribution < 1.29 is 0 Å². The normalized spacial score (nSPS) is 11.3.